The predicted octanol–water partition coefficient (Wildman–Crippen LogP) is 8.96. The number of benzene rings is 3. The molecule has 4 nitrogen and oxygen atoms in total. The van der Waals surface area contributed by atoms with Gasteiger partial charge in [0.25, 0.3) is 0 Å². The number of nitrogens with one attached hydrogen (secondary N) is 1. The molecule has 4 heteroatoms. The Hall–Kier alpha value is -4.49. The van der Waals surface area contributed by atoms with Crippen LogP contribution in [0.25, 0.3) is 5.57 Å². The van der Waals surface area contributed by atoms with Gasteiger partial charge in [-0.1, -0.05) is 80.5 Å². The molecule has 0 saturated carbocycles. The van der Waals surface area contributed by atoms with Gasteiger partial charge in [0, 0.05) is 29.3 Å². The lowest BCUT2D eigenvalue weighted by atomic mass is 9.81. The van der Waals surface area contributed by atoms with Crippen molar-refractivity contribution in [1.82, 2.24) is 0 Å². The third-order valence-corrected chi connectivity index (χ3v) is 6.76. The summed E-state index contributed by atoms with van der Waals surface area (Å²) < 4.78 is 5.48. The van der Waals surface area contributed by atoms with Crippen molar-refractivity contribution in [2.75, 3.05) is 23.4 Å². The van der Waals surface area contributed by atoms with E-state index in [9.17, 15) is 4.79 Å². The second-order valence-electron chi connectivity index (χ2n) is 10.5. The molecule has 0 fully saturated rings. The van der Waals surface area contributed by atoms with Gasteiger partial charge in [-0.2, -0.15) is 0 Å². The Kier molecular flexibility index (Phi) is 11.6. The van der Waals surface area contributed by atoms with Crippen LogP contribution in [0, 0.1) is 17.8 Å². The van der Waals surface area contributed by atoms with Crippen molar-refractivity contribution in [3.8, 4) is 12.3 Å². The SMILES string of the molecule is C#C/C=C\C(=C/C)N(c1ccccc1)c1ccc(/C(=C/CC(C)(C)Cc2ccccc2NCC)C(=O)OCC)cc1. The average Bonchev–Trinajstić information content (AvgIpc) is 2.97. The zero-order chi connectivity index (χ0) is 29.7. The van der Waals surface area contributed by atoms with Gasteiger partial charge >= 0.3 is 5.97 Å². The van der Waals surface area contributed by atoms with E-state index >= 15 is 0 Å². The molecule has 0 spiro atoms. The van der Waals surface area contributed by atoms with E-state index in [0.717, 1.165) is 47.7 Å². The van der Waals surface area contributed by atoms with Crippen LogP contribution in [0.4, 0.5) is 17.1 Å². The molecule has 0 saturated heterocycles. The quantitative estimate of drug-likeness (QED) is 0.101. The molecule has 3 aromatic carbocycles. The molecular formula is C37H42N2O2. The Morgan fingerprint density at radius 2 is 1.63 bits per heavy atom. The van der Waals surface area contributed by atoms with E-state index in [4.69, 9.17) is 11.2 Å². The van der Waals surface area contributed by atoms with Gasteiger partial charge in [-0.25, -0.2) is 4.79 Å². The number of rotatable bonds is 13. The standard InChI is InChI=1S/C37H42N2O2/c1-7-11-18-31(8-2)39(32-19-13-12-14-20-32)33-24-22-29(23-25-33)34(36(40)41-10-4)26-27-37(5,6)28-30-17-15-16-21-35(30)38-9-3/h1,8,11-26,38H,9-10,27-28H2,2-6H3/b18-11-,31-8+,34-26-. The fraction of sp³-hybridized carbons (Fsp3) is 0.270. The molecule has 1 N–H and O–H groups in total. The number of para-hydroxylation sites is 2. The lowest BCUT2D eigenvalue weighted by Gasteiger charge is -2.27. The highest BCUT2D eigenvalue weighted by Gasteiger charge is 2.22. The highest BCUT2D eigenvalue weighted by Crippen LogP contribution is 2.34. The second-order valence-corrected chi connectivity index (χ2v) is 10.5. The largest absolute Gasteiger partial charge is 0.462 e. The molecule has 3 rings (SSSR count). The Morgan fingerprint density at radius 3 is 2.27 bits per heavy atom. The summed E-state index contributed by atoms with van der Waals surface area (Å²) in [6.45, 7) is 11.6. The molecule has 41 heavy (non-hydrogen) atoms. The molecule has 0 amide bonds. The summed E-state index contributed by atoms with van der Waals surface area (Å²) in [7, 11) is 0. The molecule has 0 aromatic heterocycles. The number of esters is 1. The zero-order valence-corrected chi connectivity index (χ0v) is 25.0. The summed E-state index contributed by atoms with van der Waals surface area (Å²) >= 11 is 0. The smallest absolute Gasteiger partial charge is 0.338 e. The Balaban J connectivity index is 1.94. The van der Waals surface area contributed by atoms with Gasteiger partial charge < -0.3 is 15.0 Å². The van der Waals surface area contributed by atoms with Crippen LogP contribution in [0.2, 0.25) is 0 Å². The van der Waals surface area contributed by atoms with Crippen molar-refractivity contribution in [1.29, 1.82) is 0 Å². The third kappa shape index (κ3) is 8.75. The van der Waals surface area contributed by atoms with Crippen LogP contribution in [0.1, 0.15) is 52.2 Å². The molecule has 0 aliphatic carbocycles. The molecule has 0 bridgehead atoms. The van der Waals surface area contributed by atoms with Crippen molar-refractivity contribution in [3.05, 3.63) is 120 Å². The Labute approximate surface area is 246 Å². The first-order chi connectivity index (χ1) is 19.8. The molecule has 3 aromatic rings. The highest BCUT2D eigenvalue weighted by molar-refractivity contribution is 6.16. The maximum atomic E-state index is 13.1. The third-order valence-electron chi connectivity index (χ3n) is 6.76. The number of carbonyl (C=O) groups excluding carboxylic acids is 1. The zero-order valence-electron chi connectivity index (χ0n) is 25.0. The van der Waals surface area contributed by atoms with E-state index in [0.29, 0.717) is 12.2 Å². The summed E-state index contributed by atoms with van der Waals surface area (Å²) in [5.41, 5.74) is 6.68. The minimum absolute atomic E-state index is 0.0719. The summed E-state index contributed by atoms with van der Waals surface area (Å²) in [5, 5.41) is 3.46. The monoisotopic (exact) mass is 546 g/mol. The van der Waals surface area contributed by atoms with E-state index in [1.54, 1.807) is 6.08 Å². The number of hydrogen-bond donors (Lipinski definition) is 1. The minimum atomic E-state index is -0.310. The first-order valence-corrected chi connectivity index (χ1v) is 14.3. The van der Waals surface area contributed by atoms with Crippen molar-refractivity contribution < 1.29 is 9.53 Å². The fourth-order valence-electron chi connectivity index (χ4n) is 4.78. The fourth-order valence-corrected chi connectivity index (χ4v) is 4.78. The van der Waals surface area contributed by atoms with Crippen LogP contribution >= 0.6 is 0 Å². The first-order valence-electron chi connectivity index (χ1n) is 14.3. The summed E-state index contributed by atoms with van der Waals surface area (Å²) in [6.07, 6.45) is 14.8. The predicted molar refractivity (Wildman–Crippen MR) is 174 cm³/mol. The maximum Gasteiger partial charge on any atom is 0.338 e. The average molecular weight is 547 g/mol. The van der Waals surface area contributed by atoms with Crippen molar-refractivity contribution in [2.45, 2.75) is 47.5 Å². The second kappa shape index (κ2) is 15.3. The summed E-state index contributed by atoms with van der Waals surface area (Å²) in [4.78, 5) is 15.3. The molecule has 0 heterocycles. The molecule has 0 radical (unpaired) electrons. The first kappa shape index (κ1) is 31.0. The Bertz CT molecular complexity index is 1410. The molecule has 0 unspecified atom stereocenters. The van der Waals surface area contributed by atoms with Crippen LogP contribution in [-0.2, 0) is 16.0 Å². The van der Waals surface area contributed by atoms with Crippen LogP contribution in [-0.4, -0.2) is 19.1 Å². The van der Waals surface area contributed by atoms with Gasteiger partial charge in [-0.15, -0.1) is 6.42 Å². The van der Waals surface area contributed by atoms with Gasteiger partial charge in [0.2, 0.25) is 0 Å². The highest BCUT2D eigenvalue weighted by atomic mass is 16.5. The van der Waals surface area contributed by atoms with Crippen molar-refractivity contribution in [3.63, 3.8) is 0 Å². The lowest BCUT2D eigenvalue weighted by Crippen LogP contribution is -2.17. The molecule has 0 atom stereocenters. The van der Waals surface area contributed by atoms with Gasteiger partial charge in [0.1, 0.15) is 0 Å². The van der Waals surface area contributed by atoms with Gasteiger partial charge in [0.15, 0.2) is 0 Å². The van der Waals surface area contributed by atoms with E-state index in [1.165, 1.54) is 5.56 Å². The number of terminal acetylenes is 1. The molecule has 0 aliphatic rings. The number of carbonyl (C=O) groups is 1. The van der Waals surface area contributed by atoms with Crippen LogP contribution in [0.5, 0.6) is 0 Å². The summed E-state index contributed by atoms with van der Waals surface area (Å²) in [5.74, 6) is 2.27. The molecule has 0 aliphatic heterocycles. The number of ether oxygens (including phenoxy) is 1. The van der Waals surface area contributed by atoms with Crippen molar-refractivity contribution in [2.24, 2.45) is 5.41 Å². The van der Waals surface area contributed by atoms with E-state index < -0.39 is 0 Å². The van der Waals surface area contributed by atoms with Crippen LogP contribution in [0.15, 0.2) is 109 Å². The number of hydrogen-bond acceptors (Lipinski definition) is 4. The molecular weight excluding hydrogens is 504 g/mol. The number of nitrogens with zero attached hydrogens (tertiary/aromatic N) is 1. The number of allylic oxidation sites excluding steroid dienone is 4. The normalized spacial score (nSPS) is 12.2. The topological polar surface area (TPSA) is 41.6 Å². The number of anilines is 3. The maximum absolute atomic E-state index is 13.1. The van der Waals surface area contributed by atoms with E-state index in [-0.39, 0.29) is 11.4 Å². The summed E-state index contributed by atoms with van der Waals surface area (Å²) in [6, 6.07) is 26.6. The van der Waals surface area contributed by atoms with Gasteiger partial charge in [-0.3, -0.25) is 0 Å². The Morgan fingerprint density at radius 1 is 0.976 bits per heavy atom. The van der Waals surface area contributed by atoms with Crippen LogP contribution < -0.4 is 10.2 Å². The van der Waals surface area contributed by atoms with Crippen LogP contribution in [0.3, 0.4) is 0 Å². The van der Waals surface area contributed by atoms with Gasteiger partial charge in [-0.05, 0) is 92.6 Å². The van der Waals surface area contributed by atoms with E-state index in [2.05, 4.69) is 73.3 Å². The van der Waals surface area contributed by atoms with Crippen molar-refractivity contribution >= 4 is 28.6 Å². The minimum Gasteiger partial charge on any atom is -0.462 e. The molecule has 212 valence electrons. The van der Waals surface area contributed by atoms with E-state index in [1.807, 2.05) is 74.5 Å². The van der Waals surface area contributed by atoms with Gasteiger partial charge in [0.05, 0.1) is 12.2 Å². The lowest BCUT2D eigenvalue weighted by molar-refractivity contribution is -0.136.